The molecule has 0 amide bonds. The molecule has 3 aliphatic carbocycles. The zero-order valence-electron chi connectivity index (χ0n) is 10.8. The van der Waals surface area contributed by atoms with Crippen molar-refractivity contribution in [2.75, 3.05) is 0 Å². The van der Waals surface area contributed by atoms with Crippen molar-refractivity contribution in [3.63, 3.8) is 0 Å². The average Bonchev–Trinajstić information content (AvgIpc) is 3.03. The number of esters is 1. The number of fused-ring (bicyclic) bond motifs is 4. The average molecular weight is 246 g/mol. The van der Waals surface area contributed by atoms with E-state index >= 15 is 0 Å². The molecular weight excluding hydrogens is 228 g/mol. The minimum absolute atomic E-state index is 0.102. The molecule has 18 heavy (non-hydrogen) atoms. The van der Waals surface area contributed by atoms with Gasteiger partial charge in [-0.3, -0.25) is 0 Å². The minimum atomic E-state index is -0.818. The lowest BCUT2D eigenvalue weighted by molar-refractivity contribution is -0.145. The van der Waals surface area contributed by atoms with Gasteiger partial charge in [0.1, 0.15) is 6.10 Å². The highest BCUT2D eigenvalue weighted by Gasteiger charge is 2.72. The molecule has 0 aromatic carbocycles. The van der Waals surface area contributed by atoms with Crippen molar-refractivity contribution in [2.45, 2.75) is 44.8 Å². The number of rotatable bonds is 0. The summed E-state index contributed by atoms with van der Waals surface area (Å²) in [5.41, 5.74) is 1.72. The van der Waals surface area contributed by atoms with Gasteiger partial charge in [-0.1, -0.05) is 13.5 Å². The van der Waals surface area contributed by atoms with Gasteiger partial charge in [-0.05, 0) is 42.7 Å². The molecule has 1 aliphatic heterocycles. The lowest BCUT2D eigenvalue weighted by Crippen LogP contribution is -2.52. The molecule has 4 rings (SSSR count). The number of aliphatic hydroxyl groups is 1. The Bertz CT molecular complexity index is 532. The number of hydrogen-bond donors (Lipinski definition) is 1. The fourth-order valence-corrected chi connectivity index (χ4v) is 4.63. The second-order valence-electron chi connectivity index (χ2n) is 6.68. The fraction of sp³-hybridized carbons (Fsp3) is 0.667. The topological polar surface area (TPSA) is 46.5 Å². The van der Waals surface area contributed by atoms with Crippen LogP contribution in [0.15, 0.2) is 23.3 Å². The molecule has 3 fully saturated rings. The van der Waals surface area contributed by atoms with Crippen LogP contribution in [0.2, 0.25) is 0 Å². The van der Waals surface area contributed by atoms with Gasteiger partial charge in [-0.2, -0.15) is 0 Å². The summed E-state index contributed by atoms with van der Waals surface area (Å²) in [6, 6.07) is 0. The van der Waals surface area contributed by atoms with Gasteiger partial charge in [0, 0.05) is 17.4 Å². The summed E-state index contributed by atoms with van der Waals surface area (Å²) in [5.74, 6) is 0.826. The second kappa shape index (κ2) is 2.74. The van der Waals surface area contributed by atoms with Crippen molar-refractivity contribution in [2.24, 2.45) is 17.3 Å². The Morgan fingerprint density at radius 1 is 1.50 bits per heavy atom. The summed E-state index contributed by atoms with van der Waals surface area (Å²) >= 11 is 0. The molecule has 0 saturated heterocycles. The zero-order chi connectivity index (χ0) is 12.9. The first-order chi connectivity index (χ1) is 8.38. The predicted octanol–water partition coefficient (Wildman–Crippen LogP) is 1.97. The maximum absolute atomic E-state index is 11.7. The summed E-state index contributed by atoms with van der Waals surface area (Å²) in [6.07, 6.45) is 2.34. The van der Waals surface area contributed by atoms with Crippen molar-refractivity contribution in [1.82, 2.24) is 0 Å². The Morgan fingerprint density at radius 2 is 2.22 bits per heavy atom. The first-order valence-corrected chi connectivity index (χ1v) is 6.71. The Kier molecular flexibility index (Phi) is 1.65. The SMILES string of the molecule is C=C1[C@@H]2C[C@@H]2[C@@]2(C)C[C@H]3OC(=O)C(C)=C3C[C@@]12O. The first-order valence-electron chi connectivity index (χ1n) is 6.71. The molecule has 0 aromatic heterocycles. The number of ether oxygens (including phenoxy) is 1. The molecule has 3 nitrogen and oxygen atoms in total. The van der Waals surface area contributed by atoms with E-state index in [1.165, 1.54) is 0 Å². The molecule has 0 bridgehead atoms. The van der Waals surface area contributed by atoms with Crippen LogP contribution in [0.5, 0.6) is 0 Å². The van der Waals surface area contributed by atoms with E-state index in [9.17, 15) is 9.90 Å². The van der Waals surface area contributed by atoms with Crippen LogP contribution in [0.4, 0.5) is 0 Å². The van der Waals surface area contributed by atoms with Gasteiger partial charge in [0.2, 0.25) is 0 Å². The summed E-state index contributed by atoms with van der Waals surface area (Å²) in [4.78, 5) is 11.7. The molecule has 3 heteroatoms. The van der Waals surface area contributed by atoms with Crippen molar-refractivity contribution < 1.29 is 14.6 Å². The van der Waals surface area contributed by atoms with E-state index < -0.39 is 5.60 Å². The molecule has 4 aliphatic rings. The Labute approximate surface area is 107 Å². The van der Waals surface area contributed by atoms with Gasteiger partial charge in [-0.25, -0.2) is 4.79 Å². The smallest absolute Gasteiger partial charge is 0.334 e. The third-order valence-electron chi connectivity index (χ3n) is 6.01. The highest BCUT2D eigenvalue weighted by molar-refractivity contribution is 5.92. The van der Waals surface area contributed by atoms with Crippen molar-refractivity contribution in [3.05, 3.63) is 23.3 Å². The van der Waals surface area contributed by atoms with Gasteiger partial charge in [-0.15, -0.1) is 0 Å². The highest BCUT2D eigenvalue weighted by Crippen LogP contribution is 2.73. The molecule has 96 valence electrons. The van der Waals surface area contributed by atoms with E-state index in [1.807, 2.05) is 6.92 Å². The van der Waals surface area contributed by atoms with Gasteiger partial charge in [0.15, 0.2) is 0 Å². The van der Waals surface area contributed by atoms with Crippen LogP contribution in [-0.2, 0) is 9.53 Å². The minimum Gasteiger partial charge on any atom is -0.454 e. The number of carbonyl (C=O) groups excluding carboxylic acids is 1. The van der Waals surface area contributed by atoms with Gasteiger partial charge >= 0.3 is 5.97 Å². The Hall–Kier alpha value is -1.09. The van der Waals surface area contributed by atoms with Crippen molar-refractivity contribution >= 4 is 5.97 Å². The van der Waals surface area contributed by atoms with Crippen LogP contribution in [0.3, 0.4) is 0 Å². The molecule has 0 spiro atoms. The maximum Gasteiger partial charge on any atom is 0.334 e. The molecule has 1 N–H and O–H groups in total. The van der Waals surface area contributed by atoms with E-state index in [1.54, 1.807) is 0 Å². The molecule has 0 radical (unpaired) electrons. The predicted molar refractivity (Wildman–Crippen MR) is 65.6 cm³/mol. The summed E-state index contributed by atoms with van der Waals surface area (Å²) < 4.78 is 5.44. The second-order valence-corrected chi connectivity index (χ2v) is 6.68. The molecular formula is C15H18O3. The summed E-state index contributed by atoms with van der Waals surface area (Å²) in [6.45, 7) is 8.09. The Balaban J connectivity index is 1.83. The van der Waals surface area contributed by atoms with Gasteiger partial charge < -0.3 is 9.84 Å². The third-order valence-corrected chi connectivity index (χ3v) is 6.01. The van der Waals surface area contributed by atoms with E-state index in [4.69, 9.17) is 4.74 Å². The quantitative estimate of drug-likeness (QED) is 0.525. The third kappa shape index (κ3) is 0.923. The van der Waals surface area contributed by atoms with E-state index in [0.717, 1.165) is 24.0 Å². The lowest BCUT2D eigenvalue weighted by atomic mass is 9.60. The summed E-state index contributed by atoms with van der Waals surface area (Å²) in [5, 5.41) is 11.1. The van der Waals surface area contributed by atoms with E-state index in [-0.39, 0.29) is 17.5 Å². The van der Waals surface area contributed by atoms with Gasteiger partial charge in [0.25, 0.3) is 0 Å². The normalized spacial score (nSPS) is 52.9. The molecule has 3 saturated carbocycles. The van der Waals surface area contributed by atoms with E-state index in [0.29, 0.717) is 23.8 Å². The fourth-order valence-electron chi connectivity index (χ4n) is 4.63. The Morgan fingerprint density at radius 3 is 2.94 bits per heavy atom. The molecule has 1 heterocycles. The first kappa shape index (κ1) is 10.8. The highest BCUT2D eigenvalue weighted by atomic mass is 16.5. The zero-order valence-corrected chi connectivity index (χ0v) is 10.8. The van der Waals surface area contributed by atoms with Gasteiger partial charge in [0.05, 0.1) is 5.60 Å². The number of carbonyl (C=O) groups is 1. The standard InChI is InChI=1S/C15H18O3/c1-7-10-5-15(17)8(2)9-4-11(9)14(15,3)6-12(10)18-13(7)16/h9,11-12,17H,2,4-6H2,1,3H3/t9-,11-,12+,14+,15+/m0/s1. The monoisotopic (exact) mass is 246 g/mol. The number of hydrogen-bond acceptors (Lipinski definition) is 3. The molecule has 0 aromatic rings. The van der Waals surface area contributed by atoms with Crippen LogP contribution in [-0.4, -0.2) is 22.8 Å². The summed E-state index contributed by atoms with van der Waals surface area (Å²) in [7, 11) is 0. The van der Waals surface area contributed by atoms with Crippen LogP contribution in [0.25, 0.3) is 0 Å². The van der Waals surface area contributed by atoms with Crippen molar-refractivity contribution in [3.8, 4) is 0 Å². The van der Waals surface area contributed by atoms with E-state index in [2.05, 4.69) is 13.5 Å². The largest absolute Gasteiger partial charge is 0.454 e. The van der Waals surface area contributed by atoms with Crippen LogP contribution in [0, 0.1) is 17.3 Å². The molecule has 5 atom stereocenters. The lowest BCUT2D eigenvalue weighted by Gasteiger charge is -2.48. The van der Waals surface area contributed by atoms with Crippen LogP contribution < -0.4 is 0 Å². The van der Waals surface area contributed by atoms with Crippen LogP contribution in [0.1, 0.15) is 33.1 Å². The van der Waals surface area contributed by atoms with Crippen molar-refractivity contribution in [1.29, 1.82) is 0 Å². The van der Waals surface area contributed by atoms with Crippen LogP contribution >= 0.6 is 0 Å². The molecule has 0 unspecified atom stereocenters. The maximum atomic E-state index is 11.7.